The number of hydrogen-bond acceptors (Lipinski definition) is 15. The zero-order valence-electron chi connectivity index (χ0n) is 64.5. The Kier molecular flexibility index (Phi) is 76.0. The molecule has 5 atom stereocenters. The van der Waals surface area contributed by atoms with Gasteiger partial charge in [-0.15, -0.1) is 0 Å². The maximum atomic E-state index is 13.2. The van der Waals surface area contributed by atoms with Gasteiger partial charge < -0.3 is 52.5 Å². The summed E-state index contributed by atoms with van der Waals surface area (Å²) in [4.78, 5) is 76.1. The zero-order chi connectivity index (χ0) is 73.2. The quantitative estimate of drug-likeness (QED) is 0.0129. The standard InChI is InChI=1S/C82H145NO15P2.Na/c1-6-10-14-18-22-26-30-34-38-42-46-50-54-58-62-66-79(85)83-76(70-92-80(86)67-63-59-55-51-47-43-39-35-31-27-23-19-15-11-7-2)71-94-99(5,89)95-72-77(84)73-96-100(90,91)97-75-78(98-82(88)69-65-61-57-53-49-45-41-37-33-29-25-21-17-13-9-4)74-93-81(87)68-64-60-56-52-48-44-40-36-32-28-24-20-16-12-8-3;/h26-33,38-45,76-78,84,89H,5-25,34-37,46-75H2,1-4H3,(H,83,85)(H,90,91);/q;+1/p-1/b30-26-,31-27+,32-28-,33-29+,42-38-,43-39-,44-40-,45-41-;. The van der Waals surface area contributed by atoms with Crippen LogP contribution >= 0.6 is 15.4 Å². The van der Waals surface area contributed by atoms with Crippen molar-refractivity contribution in [3.8, 4) is 0 Å². The summed E-state index contributed by atoms with van der Waals surface area (Å²) in [5.74, 6) is -1.81. The van der Waals surface area contributed by atoms with Crippen molar-refractivity contribution in [3.05, 3.63) is 97.2 Å². The molecule has 0 rings (SSSR count). The van der Waals surface area contributed by atoms with E-state index in [0.717, 1.165) is 154 Å². The molecule has 3 N–H and O–H groups in total. The SMILES string of the molecule is C=P(O)(OCC(O)COP(=O)([O-])OCC(COC(=O)CCCCCC/C=C\C/C=C\CCCCCC)OC(=O)CCCCCC/C=C\C/C=C/CCCCCC)OCC(COC(=O)CCCCCC/C=C\C/C=C/CCCCCC)NC(=O)CCCCCC/C=C\C/C=C\CCCCCC.[Na+]. The van der Waals surface area contributed by atoms with Gasteiger partial charge in [-0.3, -0.25) is 23.7 Å². The molecule has 101 heavy (non-hydrogen) atoms. The predicted molar refractivity (Wildman–Crippen MR) is 415 cm³/mol. The number of phosphoric ester groups is 1. The molecule has 0 aromatic heterocycles. The van der Waals surface area contributed by atoms with E-state index in [0.29, 0.717) is 25.7 Å². The molecular weight excluding hydrogens is 1320 g/mol. The summed E-state index contributed by atoms with van der Waals surface area (Å²) >= 11 is 0. The number of carbonyl (C=O) groups is 4. The molecule has 0 saturated carbocycles. The van der Waals surface area contributed by atoms with Crippen molar-refractivity contribution in [2.75, 3.05) is 39.6 Å². The molecule has 0 heterocycles. The molecule has 0 radical (unpaired) electrons. The van der Waals surface area contributed by atoms with Gasteiger partial charge in [-0.1, -0.05) is 253 Å². The second kappa shape index (κ2) is 76.7. The number of rotatable bonds is 74. The van der Waals surface area contributed by atoms with Crippen molar-refractivity contribution in [2.45, 2.75) is 354 Å². The first-order chi connectivity index (χ1) is 48.7. The van der Waals surface area contributed by atoms with E-state index in [2.05, 4.69) is 137 Å². The number of allylic oxidation sites excluding steroid dienone is 16. The number of hydrogen-bond donors (Lipinski definition) is 3. The van der Waals surface area contributed by atoms with E-state index in [1.165, 1.54) is 103 Å². The fraction of sp³-hybridized carbons (Fsp3) is 0.744. The van der Waals surface area contributed by atoms with Gasteiger partial charge in [0.25, 0.3) is 7.82 Å². The van der Waals surface area contributed by atoms with E-state index in [9.17, 15) is 38.6 Å². The van der Waals surface area contributed by atoms with Crippen molar-refractivity contribution < 1.29 is 100 Å². The van der Waals surface area contributed by atoms with E-state index in [4.69, 9.17) is 32.3 Å². The molecule has 578 valence electrons. The smallest absolute Gasteiger partial charge is 0.756 e. The van der Waals surface area contributed by atoms with Gasteiger partial charge in [0, 0.05) is 25.7 Å². The van der Waals surface area contributed by atoms with Crippen LogP contribution in [0.15, 0.2) is 97.2 Å². The van der Waals surface area contributed by atoms with Crippen LogP contribution in [0, 0.1) is 0 Å². The summed E-state index contributed by atoms with van der Waals surface area (Å²) < 4.78 is 50.8. The van der Waals surface area contributed by atoms with Crippen molar-refractivity contribution in [2.24, 2.45) is 0 Å². The minimum Gasteiger partial charge on any atom is -0.756 e. The van der Waals surface area contributed by atoms with Crippen LogP contribution < -0.4 is 39.8 Å². The van der Waals surface area contributed by atoms with Crippen LogP contribution in [0.3, 0.4) is 0 Å². The molecule has 0 saturated heterocycles. The number of aliphatic hydroxyl groups excluding tert-OH is 1. The van der Waals surface area contributed by atoms with Gasteiger partial charge in [-0.05, 0) is 160 Å². The molecule has 1 amide bonds. The van der Waals surface area contributed by atoms with Crippen molar-refractivity contribution >= 4 is 45.5 Å². The number of amides is 1. The Hall–Kier alpha value is -2.95. The fourth-order valence-electron chi connectivity index (χ4n) is 10.5. The van der Waals surface area contributed by atoms with E-state index in [-0.39, 0.29) is 74.4 Å². The Morgan fingerprint density at radius 3 is 1.02 bits per heavy atom. The van der Waals surface area contributed by atoms with Gasteiger partial charge in [-0.25, -0.2) is 0 Å². The molecule has 0 fully saturated rings. The average molecular weight is 1470 g/mol. The van der Waals surface area contributed by atoms with Gasteiger partial charge in [0.2, 0.25) is 13.5 Å². The summed E-state index contributed by atoms with van der Waals surface area (Å²) in [6, 6.07) is -0.865. The molecule has 0 bridgehead atoms. The number of ether oxygens (including phenoxy) is 3. The fourth-order valence-corrected chi connectivity index (χ4v) is 12.2. The van der Waals surface area contributed by atoms with Crippen LogP contribution in [-0.2, 0) is 56.0 Å². The number of carbonyl (C=O) groups excluding carboxylic acids is 4. The Morgan fingerprint density at radius 2 is 0.663 bits per heavy atom. The number of unbranched alkanes of at least 4 members (excludes halogenated alkanes) is 32. The number of phosphoric acid groups is 1. The molecule has 0 aromatic carbocycles. The summed E-state index contributed by atoms with van der Waals surface area (Å²) in [5, 5.41) is 13.6. The monoisotopic (exact) mass is 1470 g/mol. The van der Waals surface area contributed by atoms with Crippen molar-refractivity contribution in [3.63, 3.8) is 0 Å². The first-order valence-electron chi connectivity index (χ1n) is 39.7. The first-order valence-corrected chi connectivity index (χ1v) is 42.9. The molecular formula is C82H144NNaO15P2. The molecule has 16 nitrogen and oxygen atoms in total. The number of nitrogens with one attached hydrogen (secondary N) is 1. The third-order valence-electron chi connectivity index (χ3n) is 16.7. The van der Waals surface area contributed by atoms with Gasteiger partial charge >= 0.3 is 47.5 Å². The Balaban J connectivity index is 0. The second-order valence-corrected chi connectivity index (χ2v) is 29.8. The predicted octanol–water partition coefficient (Wildman–Crippen LogP) is 18.8. The number of esters is 3. The maximum Gasteiger partial charge on any atom is 1.00 e. The molecule has 0 aromatic rings. The first kappa shape index (κ1) is 100. The molecule has 5 unspecified atom stereocenters. The van der Waals surface area contributed by atoms with Crippen LogP contribution in [0.4, 0.5) is 0 Å². The normalized spacial score (nSPS) is 14.3. The summed E-state index contributed by atoms with van der Waals surface area (Å²) in [6.07, 6.45) is 83.0. The Morgan fingerprint density at radius 1 is 0.376 bits per heavy atom. The van der Waals surface area contributed by atoms with E-state index in [1.807, 2.05) is 0 Å². The number of aliphatic hydroxyl groups is 1. The van der Waals surface area contributed by atoms with E-state index >= 15 is 0 Å². The largest absolute Gasteiger partial charge is 1.00 e. The van der Waals surface area contributed by atoms with Gasteiger partial charge in [0.1, 0.15) is 19.3 Å². The maximum absolute atomic E-state index is 13.2. The van der Waals surface area contributed by atoms with Gasteiger partial charge in [0.05, 0.1) is 32.5 Å². The molecule has 0 aliphatic rings. The topological polar surface area (TPSA) is 226 Å². The molecule has 0 aliphatic heterocycles. The van der Waals surface area contributed by atoms with E-state index in [1.54, 1.807) is 0 Å². The third-order valence-corrected chi connectivity index (χ3v) is 18.7. The molecule has 0 spiro atoms. The van der Waals surface area contributed by atoms with Crippen LogP contribution in [0.1, 0.15) is 336 Å². The minimum atomic E-state index is -5.16. The summed E-state index contributed by atoms with van der Waals surface area (Å²) in [5.41, 5.74) is 0. The zero-order valence-corrected chi connectivity index (χ0v) is 68.2. The summed E-state index contributed by atoms with van der Waals surface area (Å²) in [7, 11) is -9.13. The van der Waals surface area contributed by atoms with Gasteiger partial charge in [-0.2, -0.15) is 0 Å². The Labute approximate surface area is 638 Å². The van der Waals surface area contributed by atoms with Gasteiger partial charge in [0.15, 0.2) is 6.10 Å². The minimum absolute atomic E-state index is 0. The van der Waals surface area contributed by atoms with Crippen LogP contribution in [0.25, 0.3) is 0 Å². The van der Waals surface area contributed by atoms with Crippen molar-refractivity contribution in [1.29, 1.82) is 0 Å². The second-order valence-electron chi connectivity index (χ2n) is 26.6. The van der Waals surface area contributed by atoms with Crippen molar-refractivity contribution in [1.82, 2.24) is 5.32 Å². The van der Waals surface area contributed by atoms with Crippen LogP contribution in [-0.4, -0.2) is 98.0 Å². The molecule has 0 aliphatic carbocycles. The van der Waals surface area contributed by atoms with E-state index < -0.39 is 78.0 Å². The Bertz CT molecular complexity index is 2130. The summed E-state index contributed by atoms with van der Waals surface area (Å²) in [6.45, 7) is 5.63. The molecule has 19 heteroatoms. The third kappa shape index (κ3) is 76.5. The van der Waals surface area contributed by atoms with Crippen LogP contribution in [0.2, 0.25) is 0 Å². The van der Waals surface area contributed by atoms with Crippen LogP contribution in [0.5, 0.6) is 0 Å². The average Bonchev–Trinajstić information content (AvgIpc) is 1.17.